The van der Waals surface area contributed by atoms with E-state index in [1.54, 1.807) is 9.80 Å². The van der Waals surface area contributed by atoms with Crippen LogP contribution in [0, 0.1) is 13.8 Å². The number of carbonyl (C=O) groups is 6. The van der Waals surface area contributed by atoms with Crippen LogP contribution in [0.15, 0.2) is 48.5 Å². The minimum atomic E-state index is -0.540. The molecule has 0 saturated carbocycles. The van der Waals surface area contributed by atoms with Crippen molar-refractivity contribution in [2.75, 3.05) is 52.7 Å². The van der Waals surface area contributed by atoms with Gasteiger partial charge < -0.3 is 9.47 Å². The summed E-state index contributed by atoms with van der Waals surface area (Å²) in [6.45, 7) is 3.12. The maximum Gasteiger partial charge on any atom is 0.312 e. The topological polar surface area (TPSA) is 134 Å². The van der Waals surface area contributed by atoms with Crippen molar-refractivity contribution in [1.82, 2.24) is 19.6 Å². The number of piperazine rings is 2. The molecule has 0 spiro atoms. The van der Waals surface area contributed by atoms with Gasteiger partial charge in [0.2, 0.25) is 23.6 Å². The third kappa shape index (κ3) is 8.08. The molecule has 2 saturated heterocycles. The van der Waals surface area contributed by atoms with Crippen LogP contribution in [0.5, 0.6) is 0 Å². The van der Waals surface area contributed by atoms with Gasteiger partial charge in [0.25, 0.3) is 0 Å². The number of imide groups is 2. The molecule has 2 aromatic carbocycles. The molecule has 0 atom stereocenters. The van der Waals surface area contributed by atoms with Crippen LogP contribution >= 0.6 is 0 Å². The number of rotatable bonds is 11. The Morgan fingerprint density at radius 2 is 0.929 bits per heavy atom. The molecule has 2 aliphatic heterocycles. The van der Waals surface area contributed by atoms with E-state index in [4.69, 9.17) is 9.47 Å². The van der Waals surface area contributed by atoms with E-state index in [1.165, 1.54) is 0 Å². The van der Waals surface area contributed by atoms with E-state index >= 15 is 0 Å². The minimum Gasteiger partial charge on any atom is -0.443 e. The highest BCUT2D eigenvalue weighted by Crippen LogP contribution is 2.12. The summed E-state index contributed by atoms with van der Waals surface area (Å²) in [7, 11) is 0. The average Bonchev–Trinajstić information content (AvgIpc) is 2.93. The maximum atomic E-state index is 12.6. The van der Waals surface area contributed by atoms with Gasteiger partial charge in [-0.05, 0) is 36.1 Å². The monoisotopic (exact) mass is 578 g/mol. The van der Waals surface area contributed by atoms with E-state index in [0.717, 1.165) is 32.1 Å². The Labute approximate surface area is 243 Å². The summed E-state index contributed by atoms with van der Waals surface area (Å²) in [6.07, 6.45) is 0.0745. The Bertz CT molecular complexity index is 1240. The largest absolute Gasteiger partial charge is 0.443 e. The summed E-state index contributed by atoms with van der Waals surface area (Å²) in [5.41, 5.74) is 3.50. The highest BCUT2D eigenvalue weighted by molar-refractivity contribution is 6.00. The van der Waals surface area contributed by atoms with Crippen molar-refractivity contribution in [2.24, 2.45) is 0 Å². The number of hydrogen-bond acceptors (Lipinski definition) is 10. The van der Waals surface area contributed by atoms with E-state index in [-0.39, 0.29) is 52.1 Å². The molecule has 2 aromatic rings. The molecule has 12 nitrogen and oxygen atoms in total. The smallest absolute Gasteiger partial charge is 0.312 e. The minimum absolute atomic E-state index is 0.0372. The first-order valence-electron chi connectivity index (χ1n) is 13.6. The Kier molecular flexibility index (Phi) is 10.2. The van der Waals surface area contributed by atoms with Gasteiger partial charge in [-0.25, -0.2) is 9.80 Å². The normalized spacial score (nSPS) is 16.6. The molecule has 2 fully saturated rings. The molecule has 0 bridgehead atoms. The summed E-state index contributed by atoms with van der Waals surface area (Å²) in [6, 6.07) is 14.8. The van der Waals surface area contributed by atoms with E-state index in [1.807, 2.05) is 62.4 Å². The zero-order valence-corrected chi connectivity index (χ0v) is 23.7. The van der Waals surface area contributed by atoms with E-state index < -0.39 is 49.0 Å². The second kappa shape index (κ2) is 14.0. The lowest BCUT2D eigenvalue weighted by Gasteiger charge is -2.35. The summed E-state index contributed by atoms with van der Waals surface area (Å²) in [5.74, 6) is -3.08. The zero-order chi connectivity index (χ0) is 30.2. The molecule has 12 heteroatoms. The van der Waals surface area contributed by atoms with Crippen LogP contribution in [0.4, 0.5) is 0 Å². The molecule has 42 heavy (non-hydrogen) atoms. The van der Waals surface area contributed by atoms with Gasteiger partial charge in [0, 0.05) is 13.1 Å². The van der Waals surface area contributed by atoms with Gasteiger partial charge in [-0.1, -0.05) is 48.5 Å². The molecule has 0 aliphatic carbocycles. The first-order chi connectivity index (χ1) is 20.1. The molecular formula is C30H34N4O8. The van der Waals surface area contributed by atoms with Crippen LogP contribution in [0.2, 0.25) is 0 Å². The molecule has 0 N–H and O–H groups in total. The van der Waals surface area contributed by atoms with Gasteiger partial charge in [0.1, 0.15) is 0 Å². The fraction of sp³-hybridized carbons (Fsp3) is 0.400. The predicted octanol–water partition coefficient (Wildman–Crippen LogP) is 0.432. The van der Waals surface area contributed by atoms with Gasteiger partial charge in [-0.3, -0.25) is 38.6 Å². The lowest BCUT2D eigenvalue weighted by atomic mass is 10.1. The van der Waals surface area contributed by atoms with Crippen LogP contribution in [0.3, 0.4) is 0 Å². The van der Waals surface area contributed by atoms with Crippen molar-refractivity contribution in [3.8, 4) is 0 Å². The summed E-state index contributed by atoms with van der Waals surface area (Å²) < 4.78 is 10.4. The summed E-state index contributed by atoms with van der Waals surface area (Å²) in [4.78, 5) is 79.9. The SMILES string of the molecule is Cc1ccccc1CC(=O)OCN1C(=O)CN(CCN2CC(=O)N(COC(=O)Cc3ccccc3C)C(=O)C2)CC1=O. The van der Waals surface area contributed by atoms with Crippen molar-refractivity contribution in [3.63, 3.8) is 0 Å². The average molecular weight is 579 g/mol. The number of carbonyl (C=O) groups excluding carboxylic acids is 6. The molecule has 2 aliphatic rings. The fourth-order valence-electron chi connectivity index (χ4n) is 4.69. The number of amides is 4. The molecule has 0 aromatic heterocycles. The van der Waals surface area contributed by atoms with Gasteiger partial charge in [0.15, 0.2) is 13.5 Å². The maximum absolute atomic E-state index is 12.6. The van der Waals surface area contributed by atoms with E-state index in [0.29, 0.717) is 0 Å². The first-order valence-corrected chi connectivity index (χ1v) is 13.6. The molecule has 0 radical (unpaired) electrons. The number of nitrogens with zero attached hydrogens (tertiary/aromatic N) is 4. The van der Waals surface area contributed by atoms with E-state index in [9.17, 15) is 28.8 Å². The summed E-state index contributed by atoms with van der Waals surface area (Å²) in [5, 5.41) is 0. The van der Waals surface area contributed by atoms with E-state index in [2.05, 4.69) is 0 Å². The Balaban J connectivity index is 1.17. The fourth-order valence-corrected chi connectivity index (χ4v) is 4.69. The van der Waals surface area contributed by atoms with Gasteiger partial charge in [0.05, 0.1) is 39.0 Å². The third-order valence-corrected chi connectivity index (χ3v) is 7.27. The second-order valence-corrected chi connectivity index (χ2v) is 10.3. The van der Waals surface area contributed by atoms with Gasteiger partial charge >= 0.3 is 11.9 Å². The first kappa shape index (κ1) is 30.5. The van der Waals surface area contributed by atoms with Crippen molar-refractivity contribution in [3.05, 3.63) is 70.8 Å². The Hall–Kier alpha value is -4.42. The zero-order valence-electron chi connectivity index (χ0n) is 23.7. The van der Waals surface area contributed by atoms with Gasteiger partial charge in [-0.15, -0.1) is 0 Å². The van der Waals surface area contributed by atoms with Gasteiger partial charge in [-0.2, -0.15) is 0 Å². The molecular weight excluding hydrogens is 544 g/mol. The van der Waals surface area contributed by atoms with Crippen LogP contribution in [-0.4, -0.2) is 108 Å². The van der Waals surface area contributed by atoms with Crippen LogP contribution in [0.1, 0.15) is 22.3 Å². The molecule has 0 unspecified atom stereocenters. The van der Waals surface area contributed by atoms with Crippen LogP contribution < -0.4 is 0 Å². The molecule has 4 rings (SSSR count). The Morgan fingerprint density at radius 1 is 0.595 bits per heavy atom. The number of benzene rings is 2. The van der Waals surface area contributed by atoms with Crippen molar-refractivity contribution in [1.29, 1.82) is 0 Å². The third-order valence-electron chi connectivity index (χ3n) is 7.27. The molecule has 4 amide bonds. The Morgan fingerprint density at radius 3 is 1.26 bits per heavy atom. The predicted molar refractivity (Wildman–Crippen MR) is 148 cm³/mol. The number of aryl methyl sites for hydroxylation is 2. The second-order valence-electron chi connectivity index (χ2n) is 10.3. The van der Waals surface area contributed by atoms with Crippen molar-refractivity contribution >= 4 is 35.6 Å². The molecule has 222 valence electrons. The standard InChI is InChI=1S/C30H34N4O8/c1-21-7-3-5-9-23(21)13-29(39)41-19-33-25(35)15-31(16-26(33)36)11-12-32-17-27(37)34(28(38)18-32)20-42-30(40)14-24-10-6-4-8-22(24)2/h3-10H,11-20H2,1-2H3. The highest BCUT2D eigenvalue weighted by Gasteiger charge is 2.34. The number of ether oxygens (including phenoxy) is 2. The number of esters is 2. The quantitative estimate of drug-likeness (QED) is 0.273. The molecule has 2 heterocycles. The lowest BCUT2D eigenvalue weighted by Crippen LogP contribution is -2.58. The summed E-state index contributed by atoms with van der Waals surface area (Å²) >= 11 is 0. The van der Waals surface area contributed by atoms with Crippen molar-refractivity contribution < 1.29 is 38.2 Å². The lowest BCUT2D eigenvalue weighted by molar-refractivity contribution is -0.166. The van der Waals surface area contributed by atoms with Crippen molar-refractivity contribution in [2.45, 2.75) is 26.7 Å². The number of hydrogen-bond donors (Lipinski definition) is 0. The van der Waals surface area contributed by atoms with Crippen LogP contribution in [0.25, 0.3) is 0 Å². The van der Waals surface area contributed by atoms with Crippen LogP contribution in [-0.2, 0) is 51.1 Å². The highest BCUT2D eigenvalue weighted by atomic mass is 16.6.